The third-order valence-corrected chi connectivity index (χ3v) is 5.26. The SMILES string of the molecule is CCC[C@H]1CC[C@H](c2ccc(C#Cc3cc(F)c(F)c(F)c3)cc2)CC1. The number of halogens is 3. The molecule has 0 N–H and O–H groups in total. The molecule has 1 aliphatic rings. The van der Waals surface area contributed by atoms with E-state index in [-0.39, 0.29) is 5.56 Å². The Morgan fingerprint density at radius 1 is 0.846 bits per heavy atom. The largest absolute Gasteiger partial charge is 0.204 e. The van der Waals surface area contributed by atoms with E-state index in [1.54, 1.807) is 0 Å². The van der Waals surface area contributed by atoms with Crippen LogP contribution in [0.5, 0.6) is 0 Å². The summed E-state index contributed by atoms with van der Waals surface area (Å²) in [7, 11) is 0. The first kappa shape index (κ1) is 18.6. The van der Waals surface area contributed by atoms with Crippen LogP contribution >= 0.6 is 0 Å². The molecule has 0 spiro atoms. The van der Waals surface area contributed by atoms with Gasteiger partial charge in [-0.3, -0.25) is 0 Å². The van der Waals surface area contributed by atoms with Gasteiger partial charge in [0.2, 0.25) is 0 Å². The predicted octanol–water partition coefficient (Wildman–Crippen LogP) is 6.58. The van der Waals surface area contributed by atoms with E-state index < -0.39 is 17.5 Å². The van der Waals surface area contributed by atoms with E-state index in [1.165, 1.54) is 44.1 Å². The van der Waals surface area contributed by atoms with E-state index in [2.05, 4.69) is 30.9 Å². The quantitative estimate of drug-likeness (QED) is 0.430. The van der Waals surface area contributed by atoms with Gasteiger partial charge in [0.1, 0.15) is 0 Å². The van der Waals surface area contributed by atoms with Crippen LogP contribution in [0.2, 0.25) is 0 Å². The van der Waals surface area contributed by atoms with Gasteiger partial charge in [-0.15, -0.1) is 0 Å². The van der Waals surface area contributed by atoms with Crippen molar-refractivity contribution in [2.75, 3.05) is 0 Å². The molecule has 0 atom stereocenters. The molecule has 1 aliphatic carbocycles. The Hall–Kier alpha value is -2.21. The van der Waals surface area contributed by atoms with Gasteiger partial charge in [-0.05, 0) is 67.3 Å². The fourth-order valence-corrected chi connectivity index (χ4v) is 3.80. The summed E-state index contributed by atoms with van der Waals surface area (Å²) >= 11 is 0. The summed E-state index contributed by atoms with van der Waals surface area (Å²) in [6.45, 7) is 2.25. The van der Waals surface area contributed by atoms with Gasteiger partial charge in [-0.2, -0.15) is 0 Å². The third-order valence-electron chi connectivity index (χ3n) is 5.26. The Kier molecular flexibility index (Phi) is 6.04. The summed E-state index contributed by atoms with van der Waals surface area (Å²) in [5.74, 6) is 3.18. The molecule has 2 aromatic rings. The van der Waals surface area contributed by atoms with Gasteiger partial charge < -0.3 is 0 Å². The lowest BCUT2D eigenvalue weighted by Crippen LogP contribution is -2.13. The smallest absolute Gasteiger partial charge is 0.194 e. The first-order valence-corrected chi connectivity index (χ1v) is 9.33. The minimum absolute atomic E-state index is 0.125. The molecule has 136 valence electrons. The molecule has 0 heterocycles. The average Bonchev–Trinajstić information content (AvgIpc) is 2.66. The van der Waals surface area contributed by atoms with Crippen LogP contribution in [-0.2, 0) is 0 Å². The van der Waals surface area contributed by atoms with Crippen molar-refractivity contribution in [1.82, 2.24) is 0 Å². The molecule has 0 bridgehead atoms. The maximum Gasteiger partial charge on any atom is 0.194 e. The van der Waals surface area contributed by atoms with E-state index >= 15 is 0 Å². The maximum atomic E-state index is 13.2. The van der Waals surface area contributed by atoms with Crippen LogP contribution in [-0.4, -0.2) is 0 Å². The second-order valence-corrected chi connectivity index (χ2v) is 7.13. The first-order chi connectivity index (χ1) is 12.6. The highest BCUT2D eigenvalue weighted by atomic mass is 19.2. The van der Waals surface area contributed by atoms with Crippen LogP contribution in [0.1, 0.15) is 68.1 Å². The molecule has 1 saturated carbocycles. The number of rotatable bonds is 3. The summed E-state index contributed by atoms with van der Waals surface area (Å²) in [6, 6.07) is 9.90. The van der Waals surface area contributed by atoms with Crippen molar-refractivity contribution in [1.29, 1.82) is 0 Å². The molecule has 0 unspecified atom stereocenters. The molecule has 1 fully saturated rings. The number of hydrogen-bond acceptors (Lipinski definition) is 0. The van der Waals surface area contributed by atoms with E-state index in [0.29, 0.717) is 5.92 Å². The molecule has 2 aromatic carbocycles. The highest BCUT2D eigenvalue weighted by molar-refractivity contribution is 5.44. The van der Waals surface area contributed by atoms with Crippen molar-refractivity contribution in [3.05, 3.63) is 70.5 Å². The minimum Gasteiger partial charge on any atom is -0.204 e. The fourth-order valence-electron chi connectivity index (χ4n) is 3.80. The summed E-state index contributed by atoms with van der Waals surface area (Å²) in [5.41, 5.74) is 2.24. The molecular formula is C23H23F3. The van der Waals surface area contributed by atoms with Crippen LogP contribution < -0.4 is 0 Å². The number of hydrogen-bond donors (Lipinski definition) is 0. The van der Waals surface area contributed by atoms with Gasteiger partial charge in [0.05, 0.1) is 0 Å². The van der Waals surface area contributed by atoms with Gasteiger partial charge in [0.25, 0.3) is 0 Å². The zero-order valence-corrected chi connectivity index (χ0v) is 15.0. The lowest BCUT2D eigenvalue weighted by atomic mass is 9.77. The monoisotopic (exact) mass is 356 g/mol. The molecule has 0 amide bonds. The third kappa shape index (κ3) is 4.49. The van der Waals surface area contributed by atoms with Gasteiger partial charge >= 0.3 is 0 Å². The van der Waals surface area contributed by atoms with Crippen LogP contribution in [0.25, 0.3) is 0 Å². The first-order valence-electron chi connectivity index (χ1n) is 9.33. The Morgan fingerprint density at radius 2 is 1.42 bits per heavy atom. The molecule has 26 heavy (non-hydrogen) atoms. The summed E-state index contributed by atoms with van der Waals surface area (Å²) in [4.78, 5) is 0. The Labute approximate surface area is 153 Å². The van der Waals surface area contributed by atoms with Crippen molar-refractivity contribution in [2.45, 2.75) is 51.4 Å². The highest BCUT2D eigenvalue weighted by Crippen LogP contribution is 2.37. The van der Waals surface area contributed by atoms with Crippen molar-refractivity contribution in [2.24, 2.45) is 5.92 Å². The summed E-state index contributed by atoms with van der Waals surface area (Å²) in [5, 5.41) is 0. The van der Waals surface area contributed by atoms with Crippen LogP contribution in [0.3, 0.4) is 0 Å². The van der Waals surface area contributed by atoms with E-state index in [4.69, 9.17) is 0 Å². The highest BCUT2D eigenvalue weighted by Gasteiger charge is 2.21. The molecule has 0 radical (unpaired) electrons. The van der Waals surface area contributed by atoms with Gasteiger partial charge in [0, 0.05) is 11.1 Å². The normalized spacial score (nSPS) is 19.7. The topological polar surface area (TPSA) is 0 Å². The second kappa shape index (κ2) is 8.45. The molecule has 0 aromatic heterocycles. The van der Waals surface area contributed by atoms with Crippen molar-refractivity contribution >= 4 is 0 Å². The zero-order valence-electron chi connectivity index (χ0n) is 15.0. The molecule has 3 rings (SSSR count). The molecule has 0 nitrogen and oxygen atoms in total. The van der Waals surface area contributed by atoms with Crippen molar-refractivity contribution < 1.29 is 13.2 Å². The Bertz CT molecular complexity index is 781. The van der Waals surface area contributed by atoms with Gasteiger partial charge in [-0.1, -0.05) is 43.7 Å². The van der Waals surface area contributed by atoms with Crippen molar-refractivity contribution in [3.63, 3.8) is 0 Å². The van der Waals surface area contributed by atoms with Gasteiger partial charge in [-0.25, -0.2) is 13.2 Å². The molecule has 0 saturated heterocycles. The van der Waals surface area contributed by atoms with Crippen molar-refractivity contribution in [3.8, 4) is 11.8 Å². The summed E-state index contributed by atoms with van der Waals surface area (Å²) in [6.07, 6.45) is 7.70. The van der Waals surface area contributed by atoms with Crippen LogP contribution in [0.15, 0.2) is 36.4 Å². The Morgan fingerprint density at radius 3 is 2.00 bits per heavy atom. The van der Waals surface area contributed by atoms with E-state index in [9.17, 15) is 13.2 Å². The molecular weight excluding hydrogens is 333 g/mol. The molecule has 3 heteroatoms. The Balaban J connectivity index is 1.66. The zero-order chi connectivity index (χ0) is 18.5. The fraction of sp³-hybridized carbons (Fsp3) is 0.391. The van der Waals surface area contributed by atoms with E-state index in [0.717, 1.165) is 23.6 Å². The van der Waals surface area contributed by atoms with E-state index in [1.807, 2.05) is 12.1 Å². The number of benzene rings is 2. The lowest BCUT2D eigenvalue weighted by Gasteiger charge is -2.28. The van der Waals surface area contributed by atoms with Gasteiger partial charge in [0.15, 0.2) is 17.5 Å². The van der Waals surface area contributed by atoms with Crippen LogP contribution in [0.4, 0.5) is 13.2 Å². The maximum absolute atomic E-state index is 13.2. The van der Waals surface area contributed by atoms with Crippen LogP contribution in [0, 0.1) is 35.2 Å². The minimum atomic E-state index is -1.46. The standard InChI is InChI=1S/C23H23F3/c1-2-3-16-6-10-19(11-7-16)20-12-8-17(9-13-20)4-5-18-14-21(24)23(26)22(25)15-18/h8-9,12-16,19H,2-3,6-7,10-11H2,1H3/t16-,19-. The second-order valence-electron chi connectivity index (χ2n) is 7.13. The lowest BCUT2D eigenvalue weighted by molar-refractivity contribution is 0.308. The summed E-state index contributed by atoms with van der Waals surface area (Å²) < 4.78 is 39.4. The predicted molar refractivity (Wildman–Crippen MR) is 98.3 cm³/mol. The average molecular weight is 356 g/mol. The molecule has 0 aliphatic heterocycles.